The van der Waals surface area contributed by atoms with Crippen LogP contribution in [0.1, 0.15) is 20.7 Å². The van der Waals surface area contributed by atoms with Crippen molar-refractivity contribution in [1.29, 1.82) is 0 Å². The lowest BCUT2D eigenvalue weighted by Gasteiger charge is -1.97. The van der Waals surface area contributed by atoms with Crippen molar-refractivity contribution in [1.82, 2.24) is 4.98 Å². The molecule has 0 aliphatic carbocycles. The Bertz CT molecular complexity index is 304. The van der Waals surface area contributed by atoms with Crippen LogP contribution in [0, 0.1) is 0 Å². The summed E-state index contributed by atoms with van der Waals surface area (Å²) in [6.07, 6.45) is 2.39. The summed E-state index contributed by atoms with van der Waals surface area (Å²) in [7, 11) is 0. The maximum absolute atomic E-state index is 10.6. The zero-order valence-corrected chi connectivity index (χ0v) is 6.58. The molecule has 0 atom stereocenters. The number of carbonyl (C=O) groups is 2. The molecule has 1 rings (SSSR count). The molecule has 0 bridgehead atoms. The number of aromatic nitrogens is 1. The first-order valence-electron chi connectivity index (χ1n) is 3.00. The first-order valence-corrected chi connectivity index (χ1v) is 3.38. The van der Waals surface area contributed by atoms with E-state index in [9.17, 15) is 9.59 Å². The third kappa shape index (κ3) is 1.60. The average Bonchev–Trinajstić information content (AvgIpc) is 2.04. The van der Waals surface area contributed by atoms with Crippen LogP contribution in [0.4, 0.5) is 0 Å². The molecule has 0 saturated heterocycles. The fourth-order valence-electron chi connectivity index (χ4n) is 0.736. The minimum absolute atomic E-state index is 0.0424. The summed E-state index contributed by atoms with van der Waals surface area (Å²) >= 11 is 5.12. The van der Waals surface area contributed by atoms with E-state index in [2.05, 4.69) is 4.98 Å². The van der Waals surface area contributed by atoms with Crippen molar-refractivity contribution >= 4 is 22.8 Å². The molecule has 1 heterocycles. The molecule has 0 radical (unpaired) electrons. The molecule has 5 heteroatoms. The minimum Gasteiger partial charge on any atom is -0.478 e. The summed E-state index contributed by atoms with van der Waals surface area (Å²) in [6.45, 7) is 0. The lowest BCUT2D eigenvalue weighted by atomic mass is 10.1. The van der Waals surface area contributed by atoms with Crippen molar-refractivity contribution in [2.45, 2.75) is 0 Å². The number of carboxylic acids is 1. The van der Waals surface area contributed by atoms with Gasteiger partial charge in [0.05, 0.1) is 11.1 Å². The van der Waals surface area contributed by atoms with Gasteiger partial charge in [0.1, 0.15) is 0 Å². The minimum atomic E-state index is -1.22. The Morgan fingerprint density at radius 1 is 1.42 bits per heavy atom. The number of rotatable bonds is 2. The molecule has 1 N–H and O–H groups in total. The Kier molecular flexibility index (Phi) is 2.40. The molecular weight excluding hydrogens is 182 g/mol. The van der Waals surface area contributed by atoms with Gasteiger partial charge in [-0.15, -0.1) is 0 Å². The van der Waals surface area contributed by atoms with Gasteiger partial charge in [0, 0.05) is 12.4 Å². The Labute approximate surface area is 72.8 Å². The molecule has 1 aromatic heterocycles. The first-order chi connectivity index (χ1) is 5.63. The summed E-state index contributed by atoms with van der Waals surface area (Å²) in [5.74, 6) is -1.22. The van der Waals surface area contributed by atoms with E-state index >= 15 is 0 Å². The molecule has 0 fully saturated rings. The average molecular weight is 186 g/mol. The SMILES string of the molecule is O=C(O)c1cnccc1C(=O)Cl. The molecule has 1 aromatic rings. The zero-order valence-electron chi connectivity index (χ0n) is 5.82. The van der Waals surface area contributed by atoms with Crippen molar-refractivity contribution in [3.8, 4) is 0 Å². The summed E-state index contributed by atoms with van der Waals surface area (Å²) < 4.78 is 0. The van der Waals surface area contributed by atoms with Gasteiger partial charge in [-0.3, -0.25) is 9.78 Å². The van der Waals surface area contributed by atoms with Gasteiger partial charge in [0.2, 0.25) is 0 Å². The summed E-state index contributed by atoms with van der Waals surface area (Å²) in [5.41, 5.74) is -0.225. The Morgan fingerprint density at radius 3 is 2.50 bits per heavy atom. The molecule has 12 heavy (non-hydrogen) atoms. The first kappa shape index (κ1) is 8.67. The number of carboxylic acid groups (broad SMARTS) is 1. The number of carbonyl (C=O) groups excluding carboxylic acids is 1. The highest BCUT2D eigenvalue weighted by Crippen LogP contribution is 2.09. The van der Waals surface area contributed by atoms with Gasteiger partial charge < -0.3 is 5.11 Å². The zero-order chi connectivity index (χ0) is 9.14. The summed E-state index contributed by atoms with van der Waals surface area (Å²) in [5, 5.41) is 7.77. The van der Waals surface area contributed by atoms with Gasteiger partial charge >= 0.3 is 5.97 Å². The second-order valence-electron chi connectivity index (χ2n) is 2.00. The highest BCUT2D eigenvalue weighted by atomic mass is 35.5. The van der Waals surface area contributed by atoms with Crippen molar-refractivity contribution in [2.24, 2.45) is 0 Å². The molecule has 0 aliphatic heterocycles. The fourth-order valence-corrected chi connectivity index (χ4v) is 0.901. The van der Waals surface area contributed by atoms with Gasteiger partial charge in [0.15, 0.2) is 0 Å². The Morgan fingerprint density at radius 2 is 2.08 bits per heavy atom. The van der Waals surface area contributed by atoms with E-state index in [-0.39, 0.29) is 11.1 Å². The van der Waals surface area contributed by atoms with Gasteiger partial charge in [0.25, 0.3) is 5.24 Å². The standard InChI is InChI=1S/C7H4ClNO3/c8-6(10)4-1-2-9-3-5(4)7(11)12/h1-3H,(H,11,12). The van der Waals surface area contributed by atoms with Gasteiger partial charge in [-0.25, -0.2) is 4.79 Å². The van der Waals surface area contributed by atoms with Crippen LogP contribution in [-0.2, 0) is 0 Å². The quantitative estimate of drug-likeness (QED) is 0.702. The number of nitrogens with zero attached hydrogens (tertiary/aromatic N) is 1. The number of halogens is 1. The molecular formula is C7H4ClNO3. The lowest BCUT2D eigenvalue weighted by Crippen LogP contribution is -2.04. The number of aromatic carboxylic acids is 1. The second-order valence-corrected chi connectivity index (χ2v) is 2.34. The van der Waals surface area contributed by atoms with E-state index in [1.807, 2.05) is 0 Å². The van der Waals surface area contributed by atoms with Crippen LogP contribution < -0.4 is 0 Å². The maximum Gasteiger partial charge on any atom is 0.338 e. The summed E-state index contributed by atoms with van der Waals surface area (Å²) in [4.78, 5) is 24.7. The van der Waals surface area contributed by atoms with Gasteiger partial charge in [-0.05, 0) is 17.7 Å². The summed E-state index contributed by atoms with van der Waals surface area (Å²) in [6, 6.07) is 1.26. The van der Waals surface area contributed by atoms with Crippen molar-refractivity contribution in [2.75, 3.05) is 0 Å². The molecule has 0 unspecified atom stereocenters. The molecule has 0 spiro atoms. The van der Waals surface area contributed by atoms with Crippen LogP contribution in [0.25, 0.3) is 0 Å². The molecule has 0 saturated carbocycles. The topological polar surface area (TPSA) is 67.3 Å². The molecule has 0 amide bonds. The van der Waals surface area contributed by atoms with E-state index in [4.69, 9.17) is 16.7 Å². The highest BCUT2D eigenvalue weighted by molar-refractivity contribution is 6.68. The number of pyridine rings is 1. The predicted octanol–water partition coefficient (Wildman–Crippen LogP) is 1.16. The van der Waals surface area contributed by atoms with E-state index in [0.717, 1.165) is 6.20 Å². The molecule has 0 aromatic carbocycles. The van der Waals surface area contributed by atoms with Crippen molar-refractivity contribution < 1.29 is 14.7 Å². The molecule has 4 nitrogen and oxygen atoms in total. The van der Waals surface area contributed by atoms with Crippen LogP contribution >= 0.6 is 11.6 Å². The van der Waals surface area contributed by atoms with Crippen LogP contribution in [-0.4, -0.2) is 21.3 Å². The second kappa shape index (κ2) is 3.32. The highest BCUT2D eigenvalue weighted by Gasteiger charge is 2.13. The monoisotopic (exact) mass is 185 g/mol. The Hall–Kier alpha value is -1.42. The fraction of sp³-hybridized carbons (Fsp3) is 0. The van der Waals surface area contributed by atoms with Crippen molar-refractivity contribution in [3.05, 3.63) is 29.6 Å². The largest absolute Gasteiger partial charge is 0.478 e. The van der Waals surface area contributed by atoms with Gasteiger partial charge in [-0.1, -0.05) is 0 Å². The number of hydrogen-bond acceptors (Lipinski definition) is 3. The van der Waals surface area contributed by atoms with E-state index in [1.54, 1.807) is 0 Å². The van der Waals surface area contributed by atoms with Crippen molar-refractivity contribution in [3.63, 3.8) is 0 Å². The van der Waals surface area contributed by atoms with E-state index in [0.29, 0.717) is 0 Å². The van der Waals surface area contributed by atoms with Crippen LogP contribution in [0.2, 0.25) is 0 Å². The van der Waals surface area contributed by atoms with E-state index in [1.165, 1.54) is 12.3 Å². The third-order valence-corrected chi connectivity index (χ3v) is 1.47. The smallest absolute Gasteiger partial charge is 0.338 e. The van der Waals surface area contributed by atoms with Crippen LogP contribution in [0.5, 0.6) is 0 Å². The third-order valence-electron chi connectivity index (χ3n) is 1.26. The van der Waals surface area contributed by atoms with Gasteiger partial charge in [-0.2, -0.15) is 0 Å². The number of hydrogen-bond donors (Lipinski definition) is 1. The molecule has 62 valence electrons. The Balaban J connectivity index is 3.27. The normalized spacial score (nSPS) is 9.42. The van der Waals surface area contributed by atoms with Crippen LogP contribution in [0.15, 0.2) is 18.5 Å². The maximum atomic E-state index is 10.6. The van der Waals surface area contributed by atoms with Crippen LogP contribution in [0.3, 0.4) is 0 Å². The van der Waals surface area contributed by atoms with E-state index < -0.39 is 11.2 Å². The lowest BCUT2D eigenvalue weighted by molar-refractivity contribution is 0.0693. The molecule has 0 aliphatic rings. The predicted molar refractivity (Wildman–Crippen MR) is 41.4 cm³/mol.